The zero-order valence-corrected chi connectivity index (χ0v) is 13.3. The average molecular weight is 306 g/mol. The van der Waals surface area contributed by atoms with E-state index >= 15 is 0 Å². The van der Waals surface area contributed by atoms with Crippen molar-refractivity contribution in [3.63, 3.8) is 0 Å². The maximum Gasteiger partial charge on any atom is 0.171 e. The van der Waals surface area contributed by atoms with Gasteiger partial charge in [0, 0.05) is 17.8 Å². The molecule has 3 rings (SSSR count). The van der Waals surface area contributed by atoms with E-state index in [4.69, 9.17) is 21.7 Å². The van der Waals surface area contributed by atoms with Gasteiger partial charge in [0.2, 0.25) is 0 Å². The molecule has 1 aromatic rings. The Morgan fingerprint density at radius 2 is 1.95 bits per heavy atom. The molecule has 4 nitrogen and oxygen atoms in total. The van der Waals surface area contributed by atoms with E-state index in [0.29, 0.717) is 16.9 Å². The van der Waals surface area contributed by atoms with Crippen LogP contribution in [-0.2, 0) is 0 Å². The number of rotatable bonds is 4. The molecular formula is C16H22N2O2S. The maximum atomic E-state index is 5.43. The number of ether oxygens (including phenoxy) is 2. The van der Waals surface area contributed by atoms with Gasteiger partial charge in [-0.15, -0.1) is 0 Å². The van der Waals surface area contributed by atoms with Crippen LogP contribution in [0.5, 0.6) is 11.5 Å². The summed E-state index contributed by atoms with van der Waals surface area (Å²) in [5.41, 5.74) is 0.910. The van der Waals surface area contributed by atoms with Gasteiger partial charge in [-0.3, -0.25) is 0 Å². The van der Waals surface area contributed by atoms with E-state index in [2.05, 4.69) is 10.6 Å². The van der Waals surface area contributed by atoms with Gasteiger partial charge >= 0.3 is 0 Å². The minimum absolute atomic E-state index is 0.545. The molecule has 2 fully saturated rings. The summed E-state index contributed by atoms with van der Waals surface area (Å²) in [6, 6.07) is 6.26. The van der Waals surface area contributed by atoms with Crippen LogP contribution in [-0.4, -0.2) is 25.4 Å². The van der Waals surface area contributed by atoms with Gasteiger partial charge in [0.1, 0.15) is 0 Å². The Morgan fingerprint density at radius 3 is 2.57 bits per heavy atom. The first-order valence-corrected chi connectivity index (χ1v) is 7.90. The Morgan fingerprint density at radius 1 is 1.14 bits per heavy atom. The Bertz CT molecular complexity index is 535. The molecule has 5 heteroatoms. The summed E-state index contributed by atoms with van der Waals surface area (Å²) in [6.07, 6.45) is 5.38. The van der Waals surface area contributed by atoms with Gasteiger partial charge in [0.25, 0.3) is 0 Å². The van der Waals surface area contributed by atoms with Crippen LogP contribution in [0.15, 0.2) is 18.2 Å². The topological polar surface area (TPSA) is 42.5 Å². The highest BCUT2D eigenvalue weighted by atomic mass is 32.1. The lowest BCUT2D eigenvalue weighted by atomic mass is 9.96. The van der Waals surface area contributed by atoms with E-state index in [0.717, 1.165) is 23.3 Å². The summed E-state index contributed by atoms with van der Waals surface area (Å²) in [4.78, 5) is 0. The lowest BCUT2D eigenvalue weighted by molar-refractivity contribution is 0.355. The third kappa shape index (κ3) is 3.07. The van der Waals surface area contributed by atoms with Crippen molar-refractivity contribution < 1.29 is 9.47 Å². The van der Waals surface area contributed by atoms with Gasteiger partial charge < -0.3 is 20.1 Å². The highest BCUT2D eigenvalue weighted by molar-refractivity contribution is 7.80. The summed E-state index contributed by atoms with van der Waals surface area (Å²) >= 11 is 5.43. The number of nitrogens with one attached hydrogen (secondary N) is 2. The van der Waals surface area contributed by atoms with Crippen LogP contribution in [0.25, 0.3) is 0 Å². The molecule has 21 heavy (non-hydrogen) atoms. The number of methoxy groups -OCH3 is 2. The van der Waals surface area contributed by atoms with Gasteiger partial charge in [0.15, 0.2) is 16.6 Å². The minimum Gasteiger partial charge on any atom is -0.493 e. The second kappa shape index (κ2) is 6.10. The Kier molecular flexibility index (Phi) is 4.19. The van der Waals surface area contributed by atoms with Crippen LogP contribution in [0, 0.1) is 11.8 Å². The average Bonchev–Trinajstić information content (AvgIpc) is 3.09. The summed E-state index contributed by atoms with van der Waals surface area (Å²) in [5, 5.41) is 7.41. The molecule has 1 aromatic carbocycles. The molecule has 2 N–H and O–H groups in total. The van der Waals surface area contributed by atoms with Crippen LogP contribution >= 0.6 is 12.2 Å². The van der Waals surface area contributed by atoms with Gasteiger partial charge in [-0.1, -0.05) is 6.42 Å². The maximum absolute atomic E-state index is 5.43. The van der Waals surface area contributed by atoms with Crippen molar-refractivity contribution in [1.29, 1.82) is 0 Å². The predicted molar refractivity (Wildman–Crippen MR) is 88.1 cm³/mol. The van der Waals surface area contributed by atoms with Crippen molar-refractivity contribution in [1.82, 2.24) is 5.32 Å². The number of thiocarbonyl (C=S) groups is 1. The van der Waals surface area contributed by atoms with Crippen molar-refractivity contribution in [2.45, 2.75) is 31.7 Å². The van der Waals surface area contributed by atoms with Crippen molar-refractivity contribution in [2.75, 3.05) is 19.5 Å². The molecular weight excluding hydrogens is 284 g/mol. The molecule has 2 saturated carbocycles. The molecule has 0 heterocycles. The number of benzene rings is 1. The molecule has 0 amide bonds. The highest BCUT2D eigenvalue weighted by Gasteiger charge is 2.39. The highest BCUT2D eigenvalue weighted by Crippen LogP contribution is 2.44. The minimum atomic E-state index is 0.545. The fourth-order valence-corrected chi connectivity index (χ4v) is 3.94. The van der Waals surface area contributed by atoms with Gasteiger partial charge in [-0.2, -0.15) is 0 Å². The lowest BCUT2D eigenvalue weighted by Gasteiger charge is -2.24. The van der Waals surface area contributed by atoms with E-state index in [1.54, 1.807) is 14.2 Å². The van der Waals surface area contributed by atoms with Crippen LogP contribution < -0.4 is 20.1 Å². The second-order valence-corrected chi connectivity index (χ2v) is 6.36. The van der Waals surface area contributed by atoms with Crippen molar-refractivity contribution in [3.05, 3.63) is 18.2 Å². The zero-order chi connectivity index (χ0) is 14.8. The molecule has 2 bridgehead atoms. The molecule has 2 aliphatic carbocycles. The summed E-state index contributed by atoms with van der Waals surface area (Å²) in [6.45, 7) is 0. The molecule has 0 radical (unpaired) electrons. The van der Waals surface area contributed by atoms with Gasteiger partial charge in [-0.05, 0) is 55.4 Å². The lowest BCUT2D eigenvalue weighted by Crippen LogP contribution is -2.40. The number of fused-ring (bicyclic) bond motifs is 2. The standard InChI is InChI=1S/C16H22N2O2S/c1-19-14-6-5-12(9-15(14)20-2)17-16(21)18-13-8-10-3-4-11(13)7-10/h5-6,9-11,13H,3-4,7-8H2,1-2H3,(H2,17,18,21)/t10-,11+,13+/m1/s1. The fraction of sp³-hybridized carbons (Fsp3) is 0.562. The SMILES string of the molecule is COc1ccc(NC(=S)N[C@H]2C[C@@H]3CC[C@H]2C3)cc1OC. The van der Waals surface area contributed by atoms with Gasteiger partial charge in [-0.25, -0.2) is 0 Å². The number of hydrogen-bond donors (Lipinski definition) is 2. The molecule has 0 saturated heterocycles. The third-order valence-corrected chi connectivity index (χ3v) is 4.92. The summed E-state index contributed by atoms with van der Waals surface area (Å²) in [7, 11) is 3.26. The molecule has 3 atom stereocenters. The second-order valence-electron chi connectivity index (χ2n) is 5.95. The third-order valence-electron chi connectivity index (χ3n) is 4.70. The van der Waals surface area contributed by atoms with Crippen LogP contribution in [0.2, 0.25) is 0 Å². The van der Waals surface area contributed by atoms with Gasteiger partial charge in [0.05, 0.1) is 14.2 Å². The normalized spacial score (nSPS) is 26.5. The van der Waals surface area contributed by atoms with E-state index in [1.807, 2.05) is 18.2 Å². The quantitative estimate of drug-likeness (QED) is 0.836. The van der Waals surface area contributed by atoms with E-state index in [1.165, 1.54) is 25.7 Å². The van der Waals surface area contributed by atoms with Crippen LogP contribution in [0.1, 0.15) is 25.7 Å². The fourth-order valence-electron chi connectivity index (χ4n) is 3.67. The van der Waals surface area contributed by atoms with E-state index < -0.39 is 0 Å². The monoisotopic (exact) mass is 306 g/mol. The predicted octanol–water partition coefficient (Wildman–Crippen LogP) is 3.18. The first kappa shape index (κ1) is 14.4. The first-order valence-electron chi connectivity index (χ1n) is 7.49. The number of anilines is 1. The molecule has 0 aliphatic heterocycles. The van der Waals surface area contributed by atoms with Crippen molar-refractivity contribution in [3.8, 4) is 11.5 Å². The van der Waals surface area contributed by atoms with Crippen LogP contribution in [0.4, 0.5) is 5.69 Å². The zero-order valence-electron chi connectivity index (χ0n) is 12.5. The van der Waals surface area contributed by atoms with Crippen LogP contribution in [0.3, 0.4) is 0 Å². The van der Waals surface area contributed by atoms with E-state index in [9.17, 15) is 0 Å². The van der Waals surface area contributed by atoms with Crippen molar-refractivity contribution in [2.24, 2.45) is 11.8 Å². The number of hydrogen-bond acceptors (Lipinski definition) is 3. The molecule has 0 aromatic heterocycles. The summed E-state index contributed by atoms with van der Waals surface area (Å²) in [5.74, 6) is 3.14. The molecule has 114 valence electrons. The Hall–Kier alpha value is -1.49. The first-order chi connectivity index (χ1) is 10.2. The molecule has 0 spiro atoms. The van der Waals surface area contributed by atoms with Crippen molar-refractivity contribution >= 4 is 23.0 Å². The Labute approximate surface area is 131 Å². The Balaban J connectivity index is 1.59. The summed E-state index contributed by atoms with van der Waals surface area (Å²) < 4.78 is 10.5. The molecule has 2 aliphatic rings. The largest absolute Gasteiger partial charge is 0.493 e. The smallest absolute Gasteiger partial charge is 0.171 e. The molecule has 0 unspecified atom stereocenters. The van der Waals surface area contributed by atoms with E-state index in [-0.39, 0.29) is 0 Å².